The fourth-order valence-electron chi connectivity index (χ4n) is 6.59. The van der Waals surface area contributed by atoms with E-state index >= 15 is 0 Å². The van der Waals surface area contributed by atoms with Gasteiger partial charge in [0.15, 0.2) is 17.1 Å². The molecule has 0 saturated heterocycles. The number of nitrogens with two attached hydrogens (primary N) is 1. The van der Waals surface area contributed by atoms with E-state index in [9.17, 15) is 39.6 Å². The van der Waals surface area contributed by atoms with Gasteiger partial charge in [0.2, 0.25) is 5.78 Å². The number of para-hydroxylation sites is 1. The summed E-state index contributed by atoms with van der Waals surface area (Å²) in [4.78, 5) is 55.4. The maximum absolute atomic E-state index is 14.1. The van der Waals surface area contributed by atoms with E-state index in [1.165, 1.54) is 19.0 Å². The zero-order chi connectivity index (χ0) is 31.5. The van der Waals surface area contributed by atoms with Crippen LogP contribution in [-0.2, 0) is 20.8 Å². The molecule has 13 nitrogen and oxygen atoms in total. The van der Waals surface area contributed by atoms with Crippen LogP contribution in [0.2, 0.25) is 0 Å². The van der Waals surface area contributed by atoms with E-state index in [0.29, 0.717) is 16.9 Å². The number of rotatable bonds is 5. The zero-order valence-electron chi connectivity index (χ0n) is 24.0. The molecule has 4 atom stereocenters. The quantitative estimate of drug-likeness (QED) is 0.198. The molecular weight excluding hydrogens is 558 g/mol. The second-order valence-electron chi connectivity index (χ2n) is 11.4. The summed E-state index contributed by atoms with van der Waals surface area (Å²) in [5.41, 5.74) is 2.79. The number of anilines is 3. The predicted octanol–water partition coefficient (Wildman–Crippen LogP) is 1.67. The van der Waals surface area contributed by atoms with Crippen molar-refractivity contribution < 1.29 is 39.6 Å². The van der Waals surface area contributed by atoms with Crippen LogP contribution in [0.15, 0.2) is 53.3 Å². The Labute approximate surface area is 246 Å². The van der Waals surface area contributed by atoms with Crippen LogP contribution in [0.5, 0.6) is 5.75 Å². The average Bonchev–Trinajstić information content (AvgIpc) is 2.92. The summed E-state index contributed by atoms with van der Waals surface area (Å²) in [5.74, 6) is -7.45. The summed E-state index contributed by atoms with van der Waals surface area (Å²) in [6.45, 7) is 0. The van der Waals surface area contributed by atoms with Gasteiger partial charge in [-0.05, 0) is 56.6 Å². The SMILES string of the molecule is CN(C)c1cc(NC(=O)Nc2ccccc2)c(O)c2c1C[C@H]1CC3[C@H](N(C)C)C(=O)C(C(N)=O)=C(O)[C@@]3(O)C(=O)C1=C2O. The van der Waals surface area contributed by atoms with Gasteiger partial charge in [-0.15, -0.1) is 0 Å². The minimum atomic E-state index is -2.74. The number of Topliss-reactive ketones (excluding diaryl/α,β-unsaturated/α-hetero) is 2. The highest BCUT2D eigenvalue weighted by atomic mass is 16.3. The molecule has 0 aromatic heterocycles. The summed E-state index contributed by atoms with van der Waals surface area (Å²) < 4.78 is 0. The number of nitrogens with one attached hydrogen (secondary N) is 2. The van der Waals surface area contributed by atoms with Gasteiger partial charge in [0.05, 0.1) is 17.3 Å². The number of benzene rings is 2. The number of ketones is 2. The Kier molecular flexibility index (Phi) is 7.19. The van der Waals surface area contributed by atoms with Gasteiger partial charge in [-0.3, -0.25) is 19.3 Å². The van der Waals surface area contributed by atoms with Crippen molar-refractivity contribution in [2.24, 2.45) is 17.6 Å². The maximum Gasteiger partial charge on any atom is 0.323 e. The molecule has 3 aliphatic carbocycles. The number of nitrogens with zero attached hydrogens (tertiary/aromatic N) is 2. The molecule has 5 rings (SSSR count). The second-order valence-corrected chi connectivity index (χ2v) is 11.4. The maximum atomic E-state index is 14.1. The molecule has 2 aromatic carbocycles. The van der Waals surface area contributed by atoms with Crippen molar-refractivity contribution in [3.8, 4) is 5.75 Å². The van der Waals surface area contributed by atoms with Gasteiger partial charge >= 0.3 is 6.03 Å². The number of primary amides is 1. The summed E-state index contributed by atoms with van der Waals surface area (Å²) in [6, 6.07) is 8.30. The van der Waals surface area contributed by atoms with E-state index in [4.69, 9.17) is 5.73 Å². The summed E-state index contributed by atoms with van der Waals surface area (Å²) in [7, 11) is 6.55. The lowest BCUT2D eigenvalue weighted by molar-refractivity contribution is -0.153. The van der Waals surface area contributed by atoms with Crippen molar-refractivity contribution in [2.45, 2.75) is 24.5 Å². The average molecular weight is 592 g/mol. The van der Waals surface area contributed by atoms with Crippen LogP contribution in [0, 0.1) is 11.8 Å². The Hall–Kier alpha value is -4.88. The molecule has 43 heavy (non-hydrogen) atoms. The van der Waals surface area contributed by atoms with Crippen molar-refractivity contribution >= 4 is 46.3 Å². The highest BCUT2D eigenvalue weighted by Crippen LogP contribution is 2.54. The van der Waals surface area contributed by atoms with Crippen molar-refractivity contribution in [3.05, 3.63) is 64.4 Å². The number of hydrogen-bond acceptors (Lipinski definition) is 10. The first-order valence-corrected chi connectivity index (χ1v) is 13.5. The standard InChI is InChI=1S/C30H33N5O8/c1-34(2)18-12-17(33-29(42)32-14-8-6-5-7-9-14)23(36)20-15(18)10-13-11-16-22(35(3)4)25(38)21(28(31)41)27(40)30(16,43)26(39)19(13)24(20)37/h5-9,12-13,16,22,36-37,40,43H,10-11H2,1-4H3,(H2,31,41)(H2,32,33,42)/t13-,16?,22-,30-/m0/s1. The van der Waals surface area contributed by atoms with Gasteiger partial charge in [0, 0.05) is 37.0 Å². The van der Waals surface area contributed by atoms with Crippen molar-refractivity contribution in [2.75, 3.05) is 43.7 Å². The smallest absolute Gasteiger partial charge is 0.323 e. The van der Waals surface area contributed by atoms with E-state index in [2.05, 4.69) is 10.6 Å². The third-order valence-corrected chi connectivity index (χ3v) is 8.46. The molecule has 1 fully saturated rings. The number of likely N-dealkylation sites (N-methyl/N-ethyl adjacent to an activating group) is 1. The topological polar surface area (TPSA) is 206 Å². The van der Waals surface area contributed by atoms with Crippen molar-refractivity contribution in [3.63, 3.8) is 0 Å². The lowest BCUT2D eigenvalue weighted by atomic mass is 9.57. The molecule has 2 aromatic rings. The summed E-state index contributed by atoms with van der Waals surface area (Å²) in [6.07, 6.45) is 0.0883. The molecule has 0 radical (unpaired) electrons. The van der Waals surface area contributed by atoms with E-state index < -0.39 is 69.8 Å². The van der Waals surface area contributed by atoms with Gasteiger partial charge in [-0.25, -0.2) is 4.79 Å². The fourth-order valence-corrected chi connectivity index (χ4v) is 6.59. The van der Waals surface area contributed by atoms with Gasteiger partial charge in [0.25, 0.3) is 5.91 Å². The molecular formula is C30H33N5O8. The highest BCUT2D eigenvalue weighted by Gasteiger charge is 2.64. The summed E-state index contributed by atoms with van der Waals surface area (Å²) >= 11 is 0. The van der Waals surface area contributed by atoms with E-state index in [1.807, 2.05) is 0 Å². The normalized spacial score (nSPS) is 24.7. The summed E-state index contributed by atoms with van der Waals surface area (Å²) in [5, 5.41) is 50.9. The number of carbonyl (C=O) groups excluding carboxylic acids is 4. The first kappa shape index (κ1) is 29.6. The number of fused-ring (bicyclic) bond motifs is 3. The molecule has 226 valence electrons. The molecule has 0 heterocycles. The Morgan fingerprint density at radius 1 is 1.02 bits per heavy atom. The Morgan fingerprint density at radius 3 is 2.26 bits per heavy atom. The molecule has 13 heteroatoms. The highest BCUT2D eigenvalue weighted by molar-refractivity contribution is 6.24. The van der Waals surface area contributed by atoms with Crippen LogP contribution >= 0.6 is 0 Å². The first-order chi connectivity index (χ1) is 20.2. The van der Waals surface area contributed by atoms with Crippen LogP contribution < -0.4 is 21.3 Å². The molecule has 3 amide bonds. The lowest BCUT2D eigenvalue weighted by Crippen LogP contribution is -2.65. The van der Waals surface area contributed by atoms with E-state index in [-0.39, 0.29) is 29.7 Å². The monoisotopic (exact) mass is 591 g/mol. The van der Waals surface area contributed by atoms with E-state index in [0.717, 1.165) is 0 Å². The Morgan fingerprint density at radius 2 is 1.67 bits per heavy atom. The Bertz CT molecular complexity index is 1630. The van der Waals surface area contributed by atoms with Crippen LogP contribution in [0.1, 0.15) is 17.5 Å². The van der Waals surface area contributed by atoms with Crippen molar-refractivity contribution in [1.82, 2.24) is 4.90 Å². The van der Waals surface area contributed by atoms with Crippen LogP contribution in [0.3, 0.4) is 0 Å². The lowest BCUT2D eigenvalue weighted by Gasteiger charge is -2.50. The first-order valence-electron chi connectivity index (χ1n) is 13.5. The largest absolute Gasteiger partial charge is 0.508 e. The molecule has 1 unspecified atom stereocenters. The third-order valence-electron chi connectivity index (χ3n) is 8.46. The second kappa shape index (κ2) is 10.4. The molecule has 0 bridgehead atoms. The predicted molar refractivity (Wildman–Crippen MR) is 158 cm³/mol. The molecule has 0 aliphatic heterocycles. The third kappa shape index (κ3) is 4.48. The molecule has 3 aliphatic rings. The number of urea groups is 1. The Balaban J connectivity index is 1.65. The van der Waals surface area contributed by atoms with Crippen molar-refractivity contribution in [1.29, 1.82) is 0 Å². The number of phenols is 1. The van der Waals surface area contributed by atoms with Gasteiger partial charge in [-0.1, -0.05) is 18.2 Å². The minimum Gasteiger partial charge on any atom is -0.508 e. The number of phenolic OH excluding ortho intramolecular Hbond substituents is 1. The number of aromatic hydroxyl groups is 1. The zero-order valence-corrected chi connectivity index (χ0v) is 24.0. The van der Waals surface area contributed by atoms with E-state index in [1.54, 1.807) is 55.4 Å². The van der Waals surface area contributed by atoms with Crippen LogP contribution in [0.25, 0.3) is 5.76 Å². The van der Waals surface area contributed by atoms with Gasteiger partial charge < -0.3 is 41.7 Å². The number of aliphatic hydroxyl groups is 3. The minimum absolute atomic E-state index is 0.0289. The fraction of sp³-hybridized carbons (Fsp3) is 0.333. The number of aliphatic hydroxyl groups excluding tert-OH is 2. The van der Waals surface area contributed by atoms with Gasteiger partial charge in [0.1, 0.15) is 17.1 Å². The number of hydrogen-bond donors (Lipinski definition) is 7. The molecule has 8 N–H and O–H groups in total. The molecule has 0 spiro atoms. The molecule has 1 saturated carbocycles. The van der Waals surface area contributed by atoms with Gasteiger partial charge in [-0.2, -0.15) is 0 Å². The van der Waals surface area contributed by atoms with Crippen LogP contribution in [-0.4, -0.2) is 88.7 Å². The van der Waals surface area contributed by atoms with Crippen LogP contribution in [0.4, 0.5) is 21.9 Å². The number of carbonyl (C=O) groups is 4. The number of amides is 3.